The Hall–Kier alpha value is -1.84. The van der Waals surface area contributed by atoms with Crippen LogP contribution in [0.15, 0.2) is 36.8 Å². The molecule has 0 unspecified atom stereocenters. The Morgan fingerprint density at radius 2 is 2.06 bits per heavy atom. The molecule has 1 saturated carbocycles. The summed E-state index contributed by atoms with van der Waals surface area (Å²) >= 11 is 0. The van der Waals surface area contributed by atoms with Crippen molar-refractivity contribution >= 4 is 0 Å². The van der Waals surface area contributed by atoms with Crippen molar-refractivity contribution in [2.24, 2.45) is 0 Å². The number of benzene rings is 1. The van der Waals surface area contributed by atoms with Gasteiger partial charge in [0.05, 0.1) is 18.2 Å². The molecule has 3 rings (SSSR count). The Balaban J connectivity index is 1.67. The fraction of sp³-hybridized carbons (Fsp3) is 0.308. The second kappa shape index (κ2) is 4.20. The van der Waals surface area contributed by atoms with Crippen molar-refractivity contribution in [1.29, 1.82) is 0 Å². The zero-order chi connectivity index (χ0) is 11.7. The molecule has 0 aliphatic heterocycles. The van der Waals surface area contributed by atoms with Gasteiger partial charge >= 0.3 is 0 Å². The average molecular weight is 232 g/mol. The molecular weight excluding hydrogens is 219 g/mol. The Morgan fingerprint density at radius 1 is 1.29 bits per heavy atom. The summed E-state index contributed by atoms with van der Waals surface area (Å²) < 4.78 is 20.5. The first-order chi connectivity index (χ1) is 8.33. The number of imidazole rings is 1. The molecule has 0 saturated heterocycles. The number of hydrogen-bond donors (Lipinski definition) is 0. The van der Waals surface area contributed by atoms with E-state index in [1.165, 1.54) is 25.0 Å². The topological polar surface area (TPSA) is 27.1 Å². The molecule has 1 fully saturated rings. The van der Waals surface area contributed by atoms with Gasteiger partial charge in [-0.15, -0.1) is 0 Å². The molecule has 1 aromatic carbocycles. The lowest BCUT2D eigenvalue weighted by Gasteiger charge is -2.08. The van der Waals surface area contributed by atoms with Gasteiger partial charge in [-0.05, 0) is 37.1 Å². The smallest absolute Gasteiger partial charge is 0.130 e. The van der Waals surface area contributed by atoms with E-state index in [9.17, 15) is 4.39 Å². The zero-order valence-electron chi connectivity index (χ0n) is 9.34. The van der Waals surface area contributed by atoms with E-state index in [-0.39, 0.29) is 5.82 Å². The van der Waals surface area contributed by atoms with Crippen LogP contribution in [0.4, 0.5) is 4.39 Å². The first-order valence-corrected chi connectivity index (χ1v) is 5.72. The van der Waals surface area contributed by atoms with Crippen LogP contribution in [-0.4, -0.2) is 9.55 Å². The van der Waals surface area contributed by atoms with E-state index in [0.717, 1.165) is 5.69 Å². The summed E-state index contributed by atoms with van der Waals surface area (Å²) in [5, 5.41) is 0. The first kappa shape index (κ1) is 10.3. The Bertz CT molecular complexity index is 502. The number of aromatic nitrogens is 2. The third-order valence-corrected chi connectivity index (χ3v) is 2.89. The molecule has 2 aromatic rings. The monoisotopic (exact) mass is 232 g/mol. The molecule has 0 atom stereocenters. The van der Waals surface area contributed by atoms with Crippen molar-refractivity contribution in [1.82, 2.24) is 9.55 Å². The van der Waals surface area contributed by atoms with E-state index in [1.807, 2.05) is 12.5 Å². The summed E-state index contributed by atoms with van der Waals surface area (Å²) in [4.78, 5) is 4.13. The van der Waals surface area contributed by atoms with E-state index >= 15 is 0 Å². The van der Waals surface area contributed by atoms with Crippen molar-refractivity contribution in [3.05, 3.63) is 48.3 Å². The van der Waals surface area contributed by atoms with Crippen molar-refractivity contribution in [2.45, 2.75) is 25.5 Å². The van der Waals surface area contributed by atoms with Gasteiger partial charge in [0.1, 0.15) is 18.2 Å². The Morgan fingerprint density at radius 3 is 2.76 bits per heavy atom. The third kappa shape index (κ3) is 2.30. The molecule has 1 aliphatic rings. The summed E-state index contributed by atoms with van der Waals surface area (Å²) in [6.45, 7) is 0.474. The van der Waals surface area contributed by atoms with Crippen LogP contribution in [0.1, 0.15) is 24.6 Å². The minimum absolute atomic E-state index is 0.250. The molecular formula is C13H13FN2O. The largest absolute Gasteiger partial charge is 0.487 e. The van der Waals surface area contributed by atoms with Gasteiger partial charge < -0.3 is 9.30 Å². The van der Waals surface area contributed by atoms with Gasteiger partial charge in [0.25, 0.3) is 0 Å². The molecule has 88 valence electrons. The highest BCUT2D eigenvalue weighted by molar-refractivity contribution is 5.22. The Labute approximate surface area is 98.9 Å². The molecule has 4 heteroatoms. The summed E-state index contributed by atoms with van der Waals surface area (Å²) in [6, 6.07) is 6.66. The predicted molar refractivity (Wildman–Crippen MR) is 61.2 cm³/mol. The highest BCUT2D eigenvalue weighted by Gasteiger charge is 2.25. The van der Waals surface area contributed by atoms with Crippen molar-refractivity contribution in [3.8, 4) is 5.75 Å². The maximum Gasteiger partial charge on any atom is 0.130 e. The second-order valence-corrected chi connectivity index (χ2v) is 4.27. The van der Waals surface area contributed by atoms with Gasteiger partial charge in [0.2, 0.25) is 0 Å². The van der Waals surface area contributed by atoms with E-state index in [1.54, 1.807) is 12.1 Å². The highest BCUT2D eigenvalue weighted by Crippen LogP contribution is 2.35. The van der Waals surface area contributed by atoms with Gasteiger partial charge in [-0.25, -0.2) is 9.37 Å². The highest BCUT2D eigenvalue weighted by atomic mass is 19.1. The summed E-state index contributed by atoms with van der Waals surface area (Å²) in [6.07, 6.45) is 6.11. The minimum Gasteiger partial charge on any atom is -0.487 e. The zero-order valence-corrected chi connectivity index (χ0v) is 9.34. The van der Waals surface area contributed by atoms with Crippen LogP contribution >= 0.6 is 0 Å². The number of rotatable bonds is 4. The lowest BCUT2D eigenvalue weighted by Crippen LogP contribution is -2.03. The van der Waals surface area contributed by atoms with Crippen molar-refractivity contribution in [3.63, 3.8) is 0 Å². The number of hydrogen-bond acceptors (Lipinski definition) is 2. The second-order valence-electron chi connectivity index (χ2n) is 4.27. The van der Waals surface area contributed by atoms with Gasteiger partial charge in [-0.3, -0.25) is 0 Å². The molecule has 0 amide bonds. The molecule has 0 radical (unpaired) electrons. The third-order valence-electron chi connectivity index (χ3n) is 2.89. The van der Waals surface area contributed by atoms with Crippen molar-refractivity contribution in [2.75, 3.05) is 0 Å². The van der Waals surface area contributed by atoms with Gasteiger partial charge in [0.15, 0.2) is 0 Å². The van der Waals surface area contributed by atoms with Gasteiger partial charge in [0, 0.05) is 6.04 Å². The molecule has 1 aromatic heterocycles. The quantitative estimate of drug-likeness (QED) is 0.810. The summed E-state index contributed by atoms with van der Waals surface area (Å²) in [5.74, 6) is 0.426. The van der Waals surface area contributed by atoms with E-state index < -0.39 is 0 Å². The van der Waals surface area contributed by atoms with Crippen LogP contribution < -0.4 is 4.74 Å². The number of ether oxygens (including phenoxy) is 1. The lowest BCUT2D eigenvalue weighted by atomic mass is 10.3. The van der Waals surface area contributed by atoms with Gasteiger partial charge in [-0.1, -0.05) is 0 Å². The summed E-state index contributed by atoms with van der Waals surface area (Å²) in [5.41, 5.74) is 1.07. The normalized spacial score (nSPS) is 14.9. The SMILES string of the molecule is Fc1ccc(OCc2cncn2C2CC2)cc1. The van der Waals surface area contributed by atoms with Crippen molar-refractivity contribution < 1.29 is 9.13 Å². The van der Waals surface area contributed by atoms with E-state index in [2.05, 4.69) is 9.55 Å². The average Bonchev–Trinajstić information content (AvgIpc) is 3.08. The van der Waals surface area contributed by atoms with Crippen LogP contribution in [0.25, 0.3) is 0 Å². The maximum absolute atomic E-state index is 12.7. The standard InChI is InChI=1S/C13H13FN2O/c14-10-1-5-13(6-2-10)17-8-12-7-15-9-16(12)11-3-4-11/h1-2,5-7,9,11H,3-4,8H2. The van der Waals surface area contributed by atoms with E-state index in [0.29, 0.717) is 18.4 Å². The molecule has 0 bridgehead atoms. The van der Waals surface area contributed by atoms with Crippen LogP contribution in [0.3, 0.4) is 0 Å². The minimum atomic E-state index is -0.250. The molecule has 3 nitrogen and oxygen atoms in total. The molecule has 0 N–H and O–H groups in total. The van der Waals surface area contributed by atoms with E-state index in [4.69, 9.17) is 4.74 Å². The first-order valence-electron chi connectivity index (χ1n) is 5.72. The lowest BCUT2D eigenvalue weighted by molar-refractivity contribution is 0.294. The van der Waals surface area contributed by atoms with Crippen LogP contribution in [0.2, 0.25) is 0 Å². The number of halogens is 1. The molecule has 1 heterocycles. The maximum atomic E-state index is 12.7. The predicted octanol–water partition coefficient (Wildman–Crippen LogP) is 2.94. The van der Waals surface area contributed by atoms with Crippen LogP contribution in [0, 0.1) is 5.82 Å². The van der Waals surface area contributed by atoms with Gasteiger partial charge in [-0.2, -0.15) is 0 Å². The molecule has 1 aliphatic carbocycles. The summed E-state index contributed by atoms with van der Waals surface area (Å²) in [7, 11) is 0. The van der Waals surface area contributed by atoms with Crippen LogP contribution in [0.5, 0.6) is 5.75 Å². The fourth-order valence-corrected chi connectivity index (χ4v) is 1.81. The Kier molecular flexibility index (Phi) is 2.55. The molecule has 17 heavy (non-hydrogen) atoms. The fourth-order valence-electron chi connectivity index (χ4n) is 1.81. The van der Waals surface area contributed by atoms with Crippen LogP contribution in [-0.2, 0) is 6.61 Å². The molecule has 0 spiro atoms. The number of nitrogens with zero attached hydrogens (tertiary/aromatic N) is 2.